The highest BCUT2D eigenvalue weighted by atomic mass is 32.2. The van der Waals surface area contributed by atoms with Gasteiger partial charge in [0.2, 0.25) is 10.0 Å². The summed E-state index contributed by atoms with van der Waals surface area (Å²) in [6, 6.07) is -0.618. The smallest absolute Gasteiger partial charge is 0.233 e. The fraction of sp³-hybridized carbons (Fsp3) is 0.632. The van der Waals surface area contributed by atoms with Crippen LogP contribution in [0.3, 0.4) is 0 Å². The molecule has 0 amide bonds. The summed E-state index contributed by atoms with van der Waals surface area (Å²) in [5.41, 5.74) is 0. The van der Waals surface area contributed by atoms with E-state index in [1.807, 2.05) is 13.8 Å². The van der Waals surface area contributed by atoms with Crippen molar-refractivity contribution in [3.63, 3.8) is 0 Å². The minimum Gasteiger partial charge on any atom is -0.295 e. The van der Waals surface area contributed by atoms with Crippen molar-refractivity contribution in [2.45, 2.75) is 73.1 Å². The van der Waals surface area contributed by atoms with Gasteiger partial charge in [-0.25, -0.2) is 21.6 Å². The average molecular weight is 431 g/mol. The van der Waals surface area contributed by atoms with Gasteiger partial charge in [-0.3, -0.25) is 4.79 Å². The molecule has 0 aliphatic heterocycles. The predicted octanol–water partition coefficient (Wildman–Crippen LogP) is 3.98. The minimum atomic E-state index is -3.75. The zero-order chi connectivity index (χ0) is 28.2. The molecule has 0 unspecified atom stereocenters. The third kappa shape index (κ3) is 22.7. The zero-order valence-corrected chi connectivity index (χ0v) is 18.9. The molecule has 0 spiro atoms. The zero-order valence-electron chi connectivity index (χ0n) is 24.3. The molecule has 0 aromatic rings. The molecule has 0 radical (unpaired) electrons. The molecule has 0 bridgehead atoms. The van der Waals surface area contributed by atoms with Crippen LogP contribution >= 0.6 is 0 Å². The summed E-state index contributed by atoms with van der Waals surface area (Å²) < 4.78 is 94.7. The molecule has 0 aliphatic rings. The van der Waals surface area contributed by atoms with Crippen molar-refractivity contribution in [1.82, 2.24) is 4.72 Å². The molecule has 0 aliphatic carbocycles. The third-order valence-corrected chi connectivity index (χ3v) is 5.03. The Labute approximate surface area is 176 Å². The van der Waals surface area contributed by atoms with Gasteiger partial charge in [0.25, 0.3) is 0 Å². The molecular weight excluding hydrogens is 386 g/mol. The van der Waals surface area contributed by atoms with Crippen LogP contribution in [0.25, 0.3) is 0 Å². The van der Waals surface area contributed by atoms with E-state index < -0.39 is 42.4 Å². The van der Waals surface area contributed by atoms with Crippen molar-refractivity contribution in [3.8, 4) is 0 Å². The molecule has 160 valence electrons. The van der Waals surface area contributed by atoms with Gasteiger partial charge in [-0.15, -0.1) is 0 Å². The van der Waals surface area contributed by atoms with E-state index in [2.05, 4.69) is 4.72 Å². The SMILES string of the molecule is [2H]/C(C)=C(/[2H])C(=O)CC(C)C.[2H]/C(C)=C(/[2H])S(=O)(=O)NC(C)C.[2H]C([2H])=C([2H])S(=O)(=O)C(C)C. The van der Waals surface area contributed by atoms with Crippen molar-refractivity contribution in [2.75, 3.05) is 0 Å². The molecule has 0 saturated carbocycles. The van der Waals surface area contributed by atoms with E-state index in [0.29, 0.717) is 6.42 Å². The predicted molar refractivity (Wildman–Crippen MR) is 116 cm³/mol. The quantitative estimate of drug-likeness (QED) is 0.587. The molecule has 0 fully saturated rings. The fourth-order valence-corrected chi connectivity index (χ4v) is 2.34. The Morgan fingerprint density at radius 2 is 1.59 bits per heavy atom. The van der Waals surface area contributed by atoms with Crippen LogP contribution in [0.15, 0.2) is 35.5 Å². The first kappa shape index (κ1) is 17.8. The molecule has 0 saturated heterocycles. The van der Waals surface area contributed by atoms with Crippen molar-refractivity contribution >= 4 is 25.6 Å². The summed E-state index contributed by atoms with van der Waals surface area (Å²) in [4.78, 5) is 11.0. The summed E-state index contributed by atoms with van der Waals surface area (Å²) in [5, 5.41) is -2.32. The van der Waals surface area contributed by atoms with Crippen LogP contribution in [-0.4, -0.2) is 33.9 Å². The minimum absolute atomic E-state index is 0.0515. The number of nitrogens with one attached hydrogen (secondary N) is 1. The number of sulfone groups is 1. The Morgan fingerprint density at radius 1 is 1.07 bits per heavy atom. The van der Waals surface area contributed by atoms with Gasteiger partial charge in [-0.05, 0) is 53.5 Å². The van der Waals surface area contributed by atoms with Crippen molar-refractivity contribution < 1.29 is 31.2 Å². The van der Waals surface area contributed by atoms with Crippen LogP contribution in [0.2, 0.25) is 0 Å². The Morgan fingerprint density at radius 3 is 1.85 bits per heavy atom. The second-order valence-electron chi connectivity index (χ2n) is 6.22. The maximum absolute atomic E-state index is 11.1. The molecule has 6 nitrogen and oxygen atoms in total. The van der Waals surface area contributed by atoms with Crippen LogP contribution < -0.4 is 4.72 Å². The maximum atomic E-state index is 11.1. The van der Waals surface area contributed by atoms with E-state index in [4.69, 9.17) is 9.60 Å². The summed E-state index contributed by atoms with van der Waals surface area (Å²) >= 11 is 0. The van der Waals surface area contributed by atoms with E-state index in [0.717, 1.165) is 0 Å². The lowest BCUT2D eigenvalue weighted by molar-refractivity contribution is -0.115. The van der Waals surface area contributed by atoms with Crippen LogP contribution in [0.4, 0.5) is 0 Å². The Kier molecular flexibility index (Phi) is 10.4. The van der Waals surface area contributed by atoms with Crippen LogP contribution in [-0.2, 0) is 24.7 Å². The van der Waals surface area contributed by atoms with E-state index in [-0.39, 0.29) is 35.9 Å². The van der Waals surface area contributed by atoms with Crippen molar-refractivity contribution in [2.24, 2.45) is 5.92 Å². The van der Waals surface area contributed by atoms with Crippen LogP contribution in [0.1, 0.15) is 71.4 Å². The monoisotopic (exact) mass is 430 g/mol. The molecule has 1 N–H and O–H groups in total. The molecular formula is C19H37NO5S2. The van der Waals surface area contributed by atoms with Gasteiger partial charge in [0.1, 0.15) is 0 Å². The summed E-state index contributed by atoms with van der Waals surface area (Å²) in [6.07, 6.45) is 0.370. The highest BCUT2D eigenvalue weighted by Crippen LogP contribution is 2.00. The average Bonchev–Trinajstić information content (AvgIpc) is 2.64. The van der Waals surface area contributed by atoms with E-state index in [9.17, 15) is 21.6 Å². The molecule has 27 heavy (non-hydrogen) atoms. The highest BCUT2D eigenvalue weighted by molar-refractivity contribution is 7.94. The van der Waals surface area contributed by atoms with E-state index >= 15 is 0 Å². The molecule has 0 aromatic carbocycles. The normalized spacial score (nSPS) is 17.1. The number of hydrogen-bond donors (Lipinski definition) is 1. The van der Waals surface area contributed by atoms with Gasteiger partial charge in [0.15, 0.2) is 15.6 Å². The fourth-order valence-electron chi connectivity index (χ4n) is 1.15. The lowest BCUT2D eigenvalue weighted by atomic mass is 10.1. The summed E-state index contributed by atoms with van der Waals surface area (Å²) in [7, 11) is -7.45. The topological polar surface area (TPSA) is 97.4 Å². The van der Waals surface area contributed by atoms with Crippen LogP contribution in [0.5, 0.6) is 0 Å². The second kappa shape index (κ2) is 15.8. The number of sulfonamides is 1. The maximum Gasteiger partial charge on any atom is 0.233 e. The van der Waals surface area contributed by atoms with Crippen LogP contribution in [0, 0.1) is 5.92 Å². The second-order valence-corrected chi connectivity index (χ2v) is 9.90. The van der Waals surface area contributed by atoms with Crippen molar-refractivity contribution in [1.29, 1.82) is 0 Å². The highest BCUT2D eigenvalue weighted by Gasteiger charge is 2.08. The van der Waals surface area contributed by atoms with Gasteiger partial charge in [-0.2, -0.15) is 0 Å². The van der Waals surface area contributed by atoms with E-state index in [1.54, 1.807) is 13.8 Å². The first-order valence-electron chi connectivity index (χ1n) is 11.7. The van der Waals surface area contributed by atoms with Gasteiger partial charge < -0.3 is 0 Å². The van der Waals surface area contributed by atoms with Gasteiger partial charge in [0, 0.05) is 23.2 Å². The summed E-state index contributed by atoms with van der Waals surface area (Å²) in [5.74, 6) is 0.0368. The first-order chi connectivity index (χ1) is 15.0. The van der Waals surface area contributed by atoms with Gasteiger partial charge in [-0.1, -0.05) is 32.5 Å². The number of carbonyl (C=O) groups excluding carboxylic acids is 1. The van der Waals surface area contributed by atoms with Gasteiger partial charge >= 0.3 is 0 Å². The molecule has 0 rings (SSSR count). The largest absolute Gasteiger partial charge is 0.295 e. The number of allylic oxidation sites excluding steroid dienone is 3. The Balaban J connectivity index is -0.000000425. The Hall–Kier alpha value is -1.25. The third-order valence-electron chi connectivity index (χ3n) is 2.25. The molecule has 8 heteroatoms. The number of hydrogen-bond acceptors (Lipinski definition) is 5. The summed E-state index contributed by atoms with van der Waals surface area (Å²) in [6.45, 7) is 11.7. The number of rotatable bonds is 8. The first-order valence-corrected chi connectivity index (χ1v) is 11.3. The lowest BCUT2D eigenvalue weighted by Crippen LogP contribution is -2.28. The molecule has 0 aromatic heterocycles. The Bertz CT molecular complexity index is 973. The standard InChI is InChI=1S/C8H14O.C6H13NO2S.C5H10O2S/c1-4-5-8(9)6-7(2)3;1-4-5-10(8,9)7-6(2)3;1-4-8(6,7)5(2)3/h4-5,7H,6H2,1-3H3;4-7H,1-3H3;4-5H,1H2,2-3H3/b2*5-4+;/i2*4D,5D;1D2,4D. The number of carbonyl (C=O) groups is 1. The van der Waals surface area contributed by atoms with Gasteiger partial charge in [0.05, 0.1) is 14.8 Å². The lowest BCUT2D eigenvalue weighted by Gasteiger charge is -2.04. The number of ketones is 1. The van der Waals surface area contributed by atoms with E-state index in [1.165, 1.54) is 27.7 Å². The van der Waals surface area contributed by atoms with Crippen molar-refractivity contribution in [3.05, 3.63) is 35.5 Å². The molecule has 0 atom stereocenters. The molecule has 0 heterocycles.